The lowest BCUT2D eigenvalue weighted by atomic mass is 9.86. The summed E-state index contributed by atoms with van der Waals surface area (Å²) in [7, 11) is 0. The summed E-state index contributed by atoms with van der Waals surface area (Å²) in [5.41, 5.74) is 3.94. The highest BCUT2D eigenvalue weighted by Crippen LogP contribution is 2.48. The fourth-order valence-corrected chi connectivity index (χ4v) is 5.77. The van der Waals surface area contributed by atoms with Gasteiger partial charge in [0.15, 0.2) is 0 Å². The molecule has 2 bridgehead atoms. The highest BCUT2D eigenvalue weighted by atomic mass is 32.2. The second-order valence-corrected chi connectivity index (χ2v) is 8.69. The molecule has 1 atom stereocenters. The number of rotatable bonds is 4. The Balaban J connectivity index is 1.34. The summed E-state index contributed by atoms with van der Waals surface area (Å²) in [6.45, 7) is 7.61. The van der Waals surface area contributed by atoms with Crippen molar-refractivity contribution in [2.45, 2.75) is 42.3 Å². The van der Waals surface area contributed by atoms with E-state index in [4.69, 9.17) is 4.74 Å². The van der Waals surface area contributed by atoms with Crippen molar-refractivity contribution in [1.29, 1.82) is 0 Å². The van der Waals surface area contributed by atoms with Gasteiger partial charge >= 0.3 is 0 Å². The molecule has 3 nitrogen and oxygen atoms in total. The van der Waals surface area contributed by atoms with Crippen LogP contribution in [0.2, 0.25) is 0 Å². The van der Waals surface area contributed by atoms with Crippen LogP contribution >= 0.6 is 11.8 Å². The van der Waals surface area contributed by atoms with Crippen molar-refractivity contribution in [3.8, 4) is 0 Å². The number of hydrogen-bond donors (Lipinski definition) is 0. The van der Waals surface area contributed by atoms with Crippen LogP contribution in [0.4, 0.5) is 11.4 Å². The minimum Gasteiger partial charge on any atom is -0.372 e. The Morgan fingerprint density at radius 3 is 2.62 bits per heavy atom. The largest absolute Gasteiger partial charge is 0.372 e. The predicted octanol–water partition coefficient (Wildman–Crippen LogP) is 4.92. The normalized spacial score (nSPS) is 26.5. The minimum atomic E-state index is 0.425. The maximum Gasteiger partial charge on any atom is 0.0735 e. The molecule has 2 aromatic carbocycles. The van der Waals surface area contributed by atoms with Gasteiger partial charge in [-0.05, 0) is 68.6 Å². The van der Waals surface area contributed by atoms with Gasteiger partial charge in [0.25, 0.3) is 0 Å². The topological polar surface area (TPSA) is 15.7 Å². The smallest absolute Gasteiger partial charge is 0.0735 e. The fourth-order valence-electron chi connectivity index (χ4n) is 4.61. The average molecular weight is 367 g/mol. The average Bonchev–Trinajstić information content (AvgIpc) is 2.71. The van der Waals surface area contributed by atoms with Gasteiger partial charge < -0.3 is 14.5 Å². The molecule has 3 saturated heterocycles. The molecule has 6 rings (SSSR count). The Kier molecular flexibility index (Phi) is 4.43. The van der Waals surface area contributed by atoms with Crippen LogP contribution in [0.15, 0.2) is 52.3 Å². The molecule has 3 fully saturated rings. The van der Waals surface area contributed by atoms with Gasteiger partial charge in [-0.15, -0.1) is 0 Å². The molecule has 4 heteroatoms. The summed E-state index contributed by atoms with van der Waals surface area (Å²) >= 11 is 1.88. The molecule has 1 unspecified atom stereocenters. The van der Waals surface area contributed by atoms with Gasteiger partial charge in [-0.25, -0.2) is 0 Å². The molecule has 0 saturated carbocycles. The third-order valence-corrected chi connectivity index (χ3v) is 7.18. The van der Waals surface area contributed by atoms with Crippen LogP contribution in [0.5, 0.6) is 0 Å². The zero-order valence-electron chi connectivity index (χ0n) is 15.4. The van der Waals surface area contributed by atoms with E-state index < -0.39 is 0 Å². The molecular formula is C22H26N2OS. The summed E-state index contributed by atoms with van der Waals surface area (Å²) < 4.78 is 6.35. The van der Waals surface area contributed by atoms with Crippen LogP contribution in [-0.2, 0) is 11.3 Å². The fraction of sp³-hybridized carbons (Fsp3) is 0.455. The molecule has 0 N–H and O–H groups in total. The summed E-state index contributed by atoms with van der Waals surface area (Å²) in [6, 6.07) is 15.6. The van der Waals surface area contributed by atoms with Crippen molar-refractivity contribution in [2.75, 3.05) is 31.1 Å². The Morgan fingerprint density at radius 2 is 1.85 bits per heavy atom. The molecule has 2 aromatic rings. The van der Waals surface area contributed by atoms with Gasteiger partial charge in [-0.3, -0.25) is 0 Å². The molecule has 4 aliphatic heterocycles. The molecule has 0 aromatic heterocycles. The van der Waals surface area contributed by atoms with E-state index in [-0.39, 0.29) is 0 Å². The number of hydrogen-bond acceptors (Lipinski definition) is 4. The van der Waals surface area contributed by atoms with Crippen molar-refractivity contribution < 1.29 is 4.74 Å². The zero-order chi connectivity index (χ0) is 17.5. The number of benzene rings is 2. The van der Waals surface area contributed by atoms with Gasteiger partial charge in [0, 0.05) is 22.9 Å². The second kappa shape index (κ2) is 6.91. The maximum atomic E-state index is 6.35. The first-order valence-electron chi connectivity index (χ1n) is 9.83. The highest BCUT2D eigenvalue weighted by Gasteiger charge is 2.34. The zero-order valence-corrected chi connectivity index (χ0v) is 16.2. The Bertz CT molecular complexity index is 800. The Morgan fingerprint density at radius 1 is 1.04 bits per heavy atom. The highest BCUT2D eigenvalue weighted by molar-refractivity contribution is 7.99. The van der Waals surface area contributed by atoms with E-state index in [1.165, 1.54) is 52.7 Å². The second-order valence-electron chi connectivity index (χ2n) is 7.60. The first kappa shape index (κ1) is 16.7. The molecule has 0 spiro atoms. The lowest BCUT2D eigenvalue weighted by molar-refractivity contribution is -0.0766. The van der Waals surface area contributed by atoms with E-state index >= 15 is 0 Å². The lowest BCUT2D eigenvalue weighted by Crippen LogP contribution is -2.51. The van der Waals surface area contributed by atoms with Crippen LogP contribution < -0.4 is 4.90 Å². The number of anilines is 2. The van der Waals surface area contributed by atoms with Gasteiger partial charge in [0.1, 0.15) is 0 Å². The molecule has 4 heterocycles. The predicted molar refractivity (Wildman–Crippen MR) is 107 cm³/mol. The van der Waals surface area contributed by atoms with E-state index in [0.717, 1.165) is 25.6 Å². The summed E-state index contributed by atoms with van der Waals surface area (Å²) in [5.74, 6) is 0.773. The van der Waals surface area contributed by atoms with Crippen LogP contribution in [0.1, 0.15) is 25.3 Å². The van der Waals surface area contributed by atoms with E-state index in [9.17, 15) is 0 Å². The molecule has 4 aliphatic rings. The monoisotopic (exact) mass is 366 g/mol. The number of para-hydroxylation sites is 1. The first-order chi connectivity index (χ1) is 12.8. The summed E-state index contributed by atoms with van der Waals surface area (Å²) in [6.07, 6.45) is 3.05. The Hall–Kier alpha value is -1.49. The lowest BCUT2D eigenvalue weighted by Gasteiger charge is -2.44. The molecule has 26 heavy (non-hydrogen) atoms. The van der Waals surface area contributed by atoms with Crippen LogP contribution in [0.25, 0.3) is 0 Å². The quantitative estimate of drug-likeness (QED) is 0.763. The van der Waals surface area contributed by atoms with E-state index in [2.05, 4.69) is 59.2 Å². The number of ether oxygens (including phenoxy) is 1. The third kappa shape index (κ3) is 2.94. The van der Waals surface area contributed by atoms with Crippen molar-refractivity contribution in [3.05, 3.63) is 48.0 Å². The first-order valence-corrected chi connectivity index (χ1v) is 10.6. The van der Waals surface area contributed by atoms with Crippen LogP contribution in [-0.4, -0.2) is 37.2 Å². The third-order valence-electron chi connectivity index (χ3n) is 6.07. The number of piperidine rings is 3. The van der Waals surface area contributed by atoms with Gasteiger partial charge in [-0.2, -0.15) is 0 Å². The Labute approximate surface area is 160 Å². The molecular weight excluding hydrogens is 340 g/mol. The molecule has 0 radical (unpaired) electrons. The standard InChI is InChI=1S/C22H26N2OS/c1-2-24-18-5-3-4-6-21(18)26-22-13-16(7-8-19(22)24)15-25-20-14-23-11-9-17(20)10-12-23/h3-8,13,17,20H,2,9-12,14-15H2,1H3. The van der Waals surface area contributed by atoms with E-state index in [0.29, 0.717) is 6.10 Å². The van der Waals surface area contributed by atoms with Crippen molar-refractivity contribution in [3.63, 3.8) is 0 Å². The summed E-state index contributed by atoms with van der Waals surface area (Å²) in [5, 5.41) is 0. The van der Waals surface area contributed by atoms with Crippen molar-refractivity contribution >= 4 is 23.1 Å². The minimum absolute atomic E-state index is 0.425. The van der Waals surface area contributed by atoms with Crippen LogP contribution in [0.3, 0.4) is 0 Å². The number of fused-ring (bicyclic) bond motifs is 5. The molecule has 0 aliphatic carbocycles. The number of nitrogens with zero attached hydrogens (tertiary/aromatic N) is 2. The SMILES string of the molecule is CCN1c2ccccc2Sc2cc(COC3CN4CCC3CC4)ccc21. The van der Waals surface area contributed by atoms with Gasteiger partial charge in [-0.1, -0.05) is 30.0 Å². The molecule has 0 amide bonds. The van der Waals surface area contributed by atoms with Gasteiger partial charge in [0.2, 0.25) is 0 Å². The van der Waals surface area contributed by atoms with E-state index in [1.807, 2.05) is 11.8 Å². The van der Waals surface area contributed by atoms with Crippen LogP contribution in [0, 0.1) is 5.92 Å². The van der Waals surface area contributed by atoms with E-state index in [1.54, 1.807) is 0 Å². The van der Waals surface area contributed by atoms with Gasteiger partial charge in [0.05, 0.1) is 24.1 Å². The molecule has 136 valence electrons. The van der Waals surface area contributed by atoms with Crippen molar-refractivity contribution in [2.24, 2.45) is 5.92 Å². The maximum absolute atomic E-state index is 6.35. The van der Waals surface area contributed by atoms with Crippen molar-refractivity contribution in [1.82, 2.24) is 4.90 Å². The summed E-state index contributed by atoms with van der Waals surface area (Å²) in [4.78, 5) is 7.67.